The molecule has 23 heavy (non-hydrogen) atoms. The minimum Gasteiger partial charge on any atom is -0.423 e. The van der Waals surface area contributed by atoms with Gasteiger partial charge < -0.3 is 10.2 Å². The average molecular weight is 313 g/mol. The maximum atomic E-state index is 11.8. The molecule has 0 aliphatic carbocycles. The Labute approximate surface area is 132 Å². The number of carbonyl (C=O) groups is 2. The van der Waals surface area contributed by atoms with Gasteiger partial charge >= 0.3 is 11.7 Å². The van der Waals surface area contributed by atoms with Gasteiger partial charge in [0.15, 0.2) is 0 Å². The molecular weight excluding hydrogens is 298 g/mol. The monoisotopic (exact) mass is 313 g/mol. The molecule has 7 nitrogen and oxygen atoms in total. The largest absolute Gasteiger partial charge is 0.423 e. The molecule has 3 amide bonds. The lowest BCUT2D eigenvalue weighted by Gasteiger charge is -2.07. The first-order chi connectivity index (χ1) is 10.8. The Bertz CT molecular complexity index is 890. The number of hydrogen-bond acceptors (Lipinski definition) is 5. The van der Waals surface area contributed by atoms with Gasteiger partial charge in [-0.1, -0.05) is 13.2 Å². The smallest absolute Gasteiger partial charge is 0.350 e. The third kappa shape index (κ3) is 3.63. The van der Waals surface area contributed by atoms with Crippen molar-refractivity contribution >= 4 is 29.8 Å². The fraction of sp³-hybridized carbons (Fsp3) is 0.125. The third-order valence-corrected chi connectivity index (χ3v) is 3.04. The molecular formula is C16H15N3O4. The summed E-state index contributed by atoms with van der Waals surface area (Å²) in [5.74, 6) is -0.498. The molecule has 7 heteroatoms. The molecule has 2 heterocycles. The Balaban J connectivity index is 0.00000127. The number of amides is 3. The summed E-state index contributed by atoms with van der Waals surface area (Å²) in [5, 5.41) is 0.444. The van der Waals surface area contributed by atoms with Crippen LogP contribution in [-0.4, -0.2) is 29.6 Å². The normalized spacial score (nSPS) is 14.7. The van der Waals surface area contributed by atoms with Gasteiger partial charge in [0.2, 0.25) is 0 Å². The first-order valence-electron chi connectivity index (χ1n) is 6.31. The van der Waals surface area contributed by atoms with Crippen LogP contribution in [0.3, 0.4) is 0 Å². The number of urea groups is 1. The zero-order valence-electron chi connectivity index (χ0n) is 12.5. The summed E-state index contributed by atoms with van der Waals surface area (Å²) in [4.78, 5) is 38.9. The van der Waals surface area contributed by atoms with Crippen LogP contribution in [0, 0.1) is 12.8 Å². The molecule has 0 unspecified atom stereocenters. The van der Waals surface area contributed by atoms with Crippen molar-refractivity contribution in [2.24, 2.45) is 10.7 Å². The molecule has 1 aromatic rings. The Morgan fingerprint density at radius 1 is 1.35 bits per heavy atom. The van der Waals surface area contributed by atoms with Crippen LogP contribution in [0.5, 0.6) is 0 Å². The quantitative estimate of drug-likeness (QED) is 0.746. The highest BCUT2D eigenvalue weighted by Crippen LogP contribution is 2.14. The highest BCUT2D eigenvalue weighted by molar-refractivity contribution is 6.47. The average Bonchev–Trinajstić information content (AvgIpc) is 2.74. The lowest BCUT2D eigenvalue weighted by molar-refractivity contribution is -0.119. The van der Waals surface area contributed by atoms with Crippen LogP contribution in [0.15, 0.2) is 38.6 Å². The predicted molar refractivity (Wildman–Crippen MR) is 86.6 cm³/mol. The third-order valence-electron chi connectivity index (χ3n) is 3.04. The van der Waals surface area contributed by atoms with E-state index in [9.17, 15) is 14.4 Å². The molecule has 0 saturated heterocycles. The van der Waals surface area contributed by atoms with Crippen molar-refractivity contribution < 1.29 is 14.0 Å². The molecule has 0 radical (unpaired) electrons. The fourth-order valence-electron chi connectivity index (χ4n) is 1.91. The van der Waals surface area contributed by atoms with E-state index >= 15 is 0 Å². The number of imide groups is 1. The SMILES string of the molecule is C#C.C=C(N)/C(CC1=NC(=O)N(C)C1=O)=c1/ccc(=O)oc1=C. The van der Waals surface area contributed by atoms with Crippen LogP contribution in [0.25, 0.3) is 12.2 Å². The van der Waals surface area contributed by atoms with Crippen LogP contribution in [0.1, 0.15) is 6.42 Å². The second kappa shape index (κ2) is 7.04. The highest BCUT2D eigenvalue weighted by atomic mass is 16.4. The Morgan fingerprint density at radius 2 is 1.96 bits per heavy atom. The molecule has 2 N–H and O–H groups in total. The van der Waals surface area contributed by atoms with E-state index in [4.69, 9.17) is 10.2 Å². The summed E-state index contributed by atoms with van der Waals surface area (Å²) in [5.41, 5.74) is 5.94. The number of nitrogens with two attached hydrogens (primary N) is 1. The number of hydrogen-bond donors (Lipinski definition) is 1. The number of terminal acetylenes is 1. The van der Waals surface area contributed by atoms with E-state index in [0.717, 1.165) is 4.90 Å². The Kier molecular flexibility index (Phi) is 5.41. The van der Waals surface area contributed by atoms with Crippen LogP contribution in [0.2, 0.25) is 0 Å². The Morgan fingerprint density at radius 3 is 2.39 bits per heavy atom. The predicted octanol–water partition coefficient (Wildman–Crippen LogP) is -0.654. The Hall–Kier alpha value is -3.40. The molecule has 1 aliphatic rings. The van der Waals surface area contributed by atoms with Crippen molar-refractivity contribution in [3.63, 3.8) is 0 Å². The van der Waals surface area contributed by atoms with E-state index in [2.05, 4.69) is 31.0 Å². The van der Waals surface area contributed by atoms with Crippen molar-refractivity contribution in [1.29, 1.82) is 0 Å². The lowest BCUT2D eigenvalue weighted by atomic mass is 10.0. The van der Waals surface area contributed by atoms with Gasteiger partial charge in [0.05, 0.1) is 0 Å². The number of carbonyl (C=O) groups excluding carboxylic acids is 2. The minimum absolute atomic E-state index is 0.000487. The molecule has 0 spiro atoms. The number of allylic oxidation sites excluding steroid dienone is 1. The van der Waals surface area contributed by atoms with Gasteiger partial charge in [-0.15, -0.1) is 12.8 Å². The van der Waals surface area contributed by atoms with Crippen molar-refractivity contribution in [2.45, 2.75) is 6.42 Å². The molecule has 1 aliphatic heterocycles. The van der Waals surface area contributed by atoms with E-state index in [1.807, 2.05) is 0 Å². The zero-order valence-corrected chi connectivity index (χ0v) is 12.5. The van der Waals surface area contributed by atoms with Gasteiger partial charge in [0, 0.05) is 30.5 Å². The van der Waals surface area contributed by atoms with Gasteiger partial charge in [-0.25, -0.2) is 9.59 Å². The summed E-state index contributed by atoms with van der Waals surface area (Å²) < 4.78 is 4.89. The van der Waals surface area contributed by atoms with Gasteiger partial charge in [-0.05, 0) is 11.6 Å². The van der Waals surface area contributed by atoms with Gasteiger partial charge in [-0.3, -0.25) is 9.69 Å². The molecule has 0 atom stereocenters. The van der Waals surface area contributed by atoms with E-state index in [0.29, 0.717) is 10.8 Å². The van der Waals surface area contributed by atoms with Crippen molar-refractivity contribution in [3.8, 4) is 12.8 Å². The van der Waals surface area contributed by atoms with Crippen LogP contribution in [-0.2, 0) is 4.79 Å². The van der Waals surface area contributed by atoms with Crippen LogP contribution in [0.4, 0.5) is 4.79 Å². The number of nitrogens with zero attached hydrogens (tertiary/aromatic N) is 2. The zero-order chi connectivity index (χ0) is 17.7. The van der Waals surface area contributed by atoms with E-state index in [1.54, 1.807) is 0 Å². The van der Waals surface area contributed by atoms with Crippen molar-refractivity contribution in [2.75, 3.05) is 7.05 Å². The minimum atomic E-state index is -0.633. The van der Waals surface area contributed by atoms with Gasteiger partial charge in [0.25, 0.3) is 5.91 Å². The topological polar surface area (TPSA) is 106 Å². The van der Waals surface area contributed by atoms with Gasteiger partial charge in [0.1, 0.15) is 11.1 Å². The highest BCUT2D eigenvalue weighted by Gasteiger charge is 2.30. The summed E-state index contributed by atoms with van der Waals surface area (Å²) >= 11 is 0. The second-order valence-corrected chi connectivity index (χ2v) is 4.48. The lowest BCUT2D eigenvalue weighted by Crippen LogP contribution is -2.33. The molecule has 118 valence electrons. The summed E-state index contributed by atoms with van der Waals surface area (Å²) in [6.07, 6.45) is 8.00. The van der Waals surface area contributed by atoms with Crippen molar-refractivity contribution in [3.05, 3.63) is 45.5 Å². The second-order valence-electron chi connectivity index (χ2n) is 4.48. The van der Waals surface area contributed by atoms with Crippen LogP contribution < -0.4 is 22.0 Å². The first kappa shape index (κ1) is 17.7. The molecule has 0 bridgehead atoms. The fourth-order valence-corrected chi connectivity index (χ4v) is 1.91. The van der Waals surface area contributed by atoms with E-state index in [-0.39, 0.29) is 23.2 Å². The number of rotatable bonds is 3. The summed E-state index contributed by atoms with van der Waals surface area (Å²) in [7, 11) is 1.34. The maximum Gasteiger partial charge on any atom is 0.350 e. The van der Waals surface area contributed by atoms with E-state index in [1.165, 1.54) is 19.2 Å². The standard InChI is InChI=1S/C14H13N3O4.C2H2/c1-7(15)10(9-4-5-12(18)21-8(9)2)6-11-13(19)17(3)14(20)16-11;1-2/h4-5H,1-2,6,15H2,3H3;1-2H/b10-9-;. The number of aliphatic imine (C=N–C) groups is 1. The van der Waals surface area contributed by atoms with Gasteiger partial charge in [-0.2, -0.15) is 4.99 Å². The van der Waals surface area contributed by atoms with Crippen molar-refractivity contribution in [1.82, 2.24) is 4.90 Å². The van der Waals surface area contributed by atoms with Crippen LogP contribution >= 0.6 is 0 Å². The summed E-state index contributed by atoms with van der Waals surface area (Å²) in [6.45, 7) is 7.25. The molecule has 2 rings (SSSR count). The first-order valence-corrected chi connectivity index (χ1v) is 6.31. The van der Waals surface area contributed by atoms with E-state index < -0.39 is 17.6 Å². The molecule has 0 aromatic carbocycles. The molecule has 0 saturated carbocycles. The summed E-state index contributed by atoms with van der Waals surface area (Å²) in [6, 6.07) is 2.06. The molecule has 0 fully saturated rings. The maximum absolute atomic E-state index is 11.8. The molecule has 1 aromatic heterocycles.